The van der Waals surface area contributed by atoms with E-state index in [1.807, 2.05) is 29.4 Å². The predicted molar refractivity (Wildman–Crippen MR) is 134 cm³/mol. The van der Waals surface area contributed by atoms with E-state index in [4.69, 9.17) is 9.47 Å². The van der Waals surface area contributed by atoms with Gasteiger partial charge in [0.15, 0.2) is 0 Å². The zero-order chi connectivity index (χ0) is 24.0. The Morgan fingerprint density at radius 3 is 2.69 bits per heavy atom. The van der Waals surface area contributed by atoms with Gasteiger partial charge < -0.3 is 19.5 Å². The fourth-order valence-corrected chi connectivity index (χ4v) is 5.72. The topological polar surface area (TPSA) is 75.1 Å². The molecule has 0 bridgehead atoms. The van der Waals surface area contributed by atoms with Gasteiger partial charge in [-0.05, 0) is 67.0 Å². The Morgan fingerprint density at radius 2 is 1.86 bits per heavy atom. The maximum Gasteiger partial charge on any atom is 0.225 e. The summed E-state index contributed by atoms with van der Waals surface area (Å²) in [5, 5.41) is 10.5. The summed E-state index contributed by atoms with van der Waals surface area (Å²) in [6.45, 7) is 3.79. The molecule has 5 rings (SSSR count). The van der Waals surface area contributed by atoms with Gasteiger partial charge in [0, 0.05) is 44.6 Å². The molecule has 4 heterocycles. The van der Waals surface area contributed by atoms with Crippen molar-refractivity contribution in [2.45, 2.75) is 69.4 Å². The summed E-state index contributed by atoms with van der Waals surface area (Å²) in [5.74, 6) is 0.222. The average Bonchev–Trinajstić information content (AvgIpc) is 2.89. The number of pyridine rings is 1. The van der Waals surface area contributed by atoms with Crippen LogP contribution in [0.4, 0.5) is 0 Å². The molecule has 0 aliphatic carbocycles. The van der Waals surface area contributed by atoms with Crippen LogP contribution in [0.3, 0.4) is 0 Å². The molecule has 1 N–H and O–H groups in total. The van der Waals surface area contributed by atoms with Crippen LogP contribution in [-0.2, 0) is 20.8 Å². The number of hydrogen-bond donors (Lipinski definition) is 1. The normalized spacial score (nSPS) is 28.1. The number of rotatable bonds is 5. The molecular weight excluding hydrogens is 442 g/mol. The van der Waals surface area contributed by atoms with Crippen molar-refractivity contribution in [3.8, 4) is 11.1 Å². The standard InChI is InChI=1S/C28H37N3O4/c32-24-18-31(17-21-5-4-6-23(15-21)22-9-11-29-12-10-22)26-8-7-25(35-27(26)20-34-19-24)16-28(33)30-13-2-1-3-14-30/h4-6,9-12,15,24-27,32H,1-3,7-8,13-14,16-20H2/t24-,25+,26-,27+/m0/s1. The lowest BCUT2D eigenvalue weighted by Crippen LogP contribution is -2.55. The van der Waals surface area contributed by atoms with Crippen molar-refractivity contribution >= 4 is 5.91 Å². The number of nitrogens with zero attached hydrogens (tertiary/aromatic N) is 3. The van der Waals surface area contributed by atoms with Crippen molar-refractivity contribution in [1.82, 2.24) is 14.8 Å². The third kappa shape index (κ3) is 6.28. The molecule has 0 saturated carbocycles. The van der Waals surface area contributed by atoms with E-state index >= 15 is 0 Å². The molecule has 1 aromatic carbocycles. The predicted octanol–water partition coefficient (Wildman–Crippen LogP) is 3.26. The molecule has 0 spiro atoms. The first-order valence-corrected chi connectivity index (χ1v) is 13.1. The van der Waals surface area contributed by atoms with Gasteiger partial charge in [0.2, 0.25) is 5.91 Å². The van der Waals surface area contributed by atoms with Gasteiger partial charge in [-0.1, -0.05) is 18.2 Å². The minimum absolute atomic E-state index is 0.0597. The number of carbonyl (C=O) groups excluding carboxylic acids is 1. The Hall–Kier alpha value is -2.32. The molecule has 3 aliphatic heterocycles. The fourth-order valence-electron chi connectivity index (χ4n) is 5.72. The molecule has 0 radical (unpaired) electrons. The van der Waals surface area contributed by atoms with Crippen molar-refractivity contribution < 1.29 is 19.4 Å². The molecule has 4 atom stereocenters. The molecule has 7 heteroatoms. The lowest BCUT2D eigenvalue weighted by Gasteiger charge is -2.44. The Balaban J connectivity index is 1.26. The number of carbonyl (C=O) groups is 1. The molecular formula is C28H37N3O4. The van der Waals surface area contributed by atoms with Crippen LogP contribution in [0.25, 0.3) is 11.1 Å². The second-order valence-corrected chi connectivity index (χ2v) is 10.1. The van der Waals surface area contributed by atoms with E-state index in [2.05, 4.69) is 34.1 Å². The molecule has 3 fully saturated rings. The number of benzene rings is 1. The highest BCUT2D eigenvalue weighted by atomic mass is 16.5. The van der Waals surface area contributed by atoms with Crippen molar-refractivity contribution in [3.63, 3.8) is 0 Å². The van der Waals surface area contributed by atoms with Gasteiger partial charge in [-0.25, -0.2) is 0 Å². The summed E-state index contributed by atoms with van der Waals surface area (Å²) in [6.07, 6.45) is 8.61. The van der Waals surface area contributed by atoms with Gasteiger partial charge in [0.05, 0.1) is 37.9 Å². The minimum atomic E-state index is -0.530. The first-order valence-electron chi connectivity index (χ1n) is 13.1. The van der Waals surface area contributed by atoms with E-state index in [0.717, 1.165) is 56.4 Å². The van der Waals surface area contributed by atoms with Crippen LogP contribution in [-0.4, -0.2) is 83.0 Å². The second kappa shape index (κ2) is 11.6. The Morgan fingerprint density at radius 1 is 1.03 bits per heavy atom. The number of aliphatic hydroxyl groups excluding tert-OH is 1. The summed E-state index contributed by atoms with van der Waals surface area (Å²) < 4.78 is 12.3. The van der Waals surface area contributed by atoms with Crippen molar-refractivity contribution in [3.05, 3.63) is 54.4 Å². The highest BCUT2D eigenvalue weighted by Gasteiger charge is 2.38. The molecule has 3 saturated heterocycles. The third-order valence-electron chi connectivity index (χ3n) is 7.52. The Labute approximate surface area is 208 Å². The number of hydrogen-bond acceptors (Lipinski definition) is 6. The van der Waals surface area contributed by atoms with Gasteiger partial charge in [-0.15, -0.1) is 0 Å². The van der Waals surface area contributed by atoms with E-state index in [9.17, 15) is 9.90 Å². The van der Waals surface area contributed by atoms with Crippen molar-refractivity contribution in [1.29, 1.82) is 0 Å². The summed E-state index contributed by atoms with van der Waals surface area (Å²) >= 11 is 0. The fraction of sp³-hybridized carbons (Fsp3) is 0.571. The zero-order valence-corrected chi connectivity index (χ0v) is 20.4. The van der Waals surface area contributed by atoms with Crippen LogP contribution in [0.1, 0.15) is 44.1 Å². The number of amides is 1. The van der Waals surface area contributed by atoms with Gasteiger partial charge in [0.25, 0.3) is 0 Å². The number of aromatic nitrogens is 1. The maximum absolute atomic E-state index is 12.8. The minimum Gasteiger partial charge on any atom is -0.389 e. The van der Waals surface area contributed by atoms with Crippen LogP contribution < -0.4 is 0 Å². The monoisotopic (exact) mass is 479 g/mol. The van der Waals surface area contributed by atoms with E-state index in [0.29, 0.717) is 26.2 Å². The highest BCUT2D eigenvalue weighted by Crippen LogP contribution is 2.30. The van der Waals surface area contributed by atoms with Gasteiger partial charge >= 0.3 is 0 Å². The Kier molecular flexibility index (Phi) is 8.09. The second-order valence-electron chi connectivity index (χ2n) is 10.1. The average molecular weight is 480 g/mol. The maximum atomic E-state index is 12.8. The van der Waals surface area contributed by atoms with E-state index in [-0.39, 0.29) is 24.2 Å². The lowest BCUT2D eigenvalue weighted by molar-refractivity contribution is -0.161. The largest absolute Gasteiger partial charge is 0.389 e. The van der Waals surface area contributed by atoms with Crippen LogP contribution in [0.2, 0.25) is 0 Å². The van der Waals surface area contributed by atoms with Crippen LogP contribution in [0.15, 0.2) is 48.8 Å². The van der Waals surface area contributed by atoms with E-state index < -0.39 is 6.10 Å². The molecule has 3 aliphatic rings. The summed E-state index contributed by atoms with van der Waals surface area (Å²) in [6, 6.07) is 12.8. The quantitative estimate of drug-likeness (QED) is 0.710. The molecule has 1 aromatic heterocycles. The van der Waals surface area contributed by atoms with Crippen LogP contribution >= 0.6 is 0 Å². The van der Waals surface area contributed by atoms with Gasteiger partial charge in [-0.2, -0.15) is 0 Å². The molecule has 35 heavy (non-hydrogen) atoms. The smallest absolute Gasteiger partial charge is 0.225 e. The molecule has 0 unspecified atom stereocenters. The first kappa shape index (κ1) is 24.4. The van der Waals surface area contributed by atoms with Crippen molar-refractivity contribution in [2.75, 3.05) is 32.8 Å². The first-order chi connectivity index (χ1) is 17.2. The summed E-state index contributed by atoms with van der Waals surface area (Å²) in [7, 11) is 0. The van der Waals surface area contributed by atoms with E-state index in [1.165, 1.54) is 12.0 Å². The number of ether oxygens (including phenoxy) is 2. The van der Waals surface area contributed by atoms with Gasteiger partial charge in [-0.3, -0.25) is 14.7 Å². The van der Waals surface area contributed by atoms with Crippen LogP contribution in [0, 0.1) is 0 Å². The molecule has 7 nitrogen and oxygen atoms in total. The number of fused-ring (bicyclic) bond motifs is 1. The number of aliphatic hydroxyl groups is 1. The number of piperidine rings is 1. The molecule has 188 valence electrons. The van der Waals surface area contributed by atoms with E-state index in [1.54, 1.807) is 0 Å². The van der Waals surface area contributed by atoms with Crippen LogP contribution in [0.5, 0.6) is 0 Å². The van der Waals surface area contributed by atoms with Crippen molar-refractivity contribution in [2.24, 2.45) is 0 Å². The highest BCUT2D eigenvalue weighted by molar-refractivity contribution is 5.76. The summed E-state index contributed by atoms with van der Waals surface area (Å²) in [4.78, 5) is 21.3. The van der Waals surface area contributed by atoms with Gasteiger partial charge in [0.1, 0.15) is 0 Å². The number of β-amino-alcohol motifs (C(OH)–C–C–N with tert-alkyl or cyclic N) is 1. The lowest BCUT2D eigenvalue weighted by atomic mass is 9.93. The summed E-state index contributed by atoms with van der Waals surface area (Å²) in [5.41, 5.74) is 3.51. The third-order valence-corrected chi connectivity index (χ3v) is 7.52. The molecule has 1 amide bonds. The molecule has 2 aromatic rings. The zero-order valence-electron chi connectivity index (χ0n) is 20.4. The Bertz CT molecular complexity index is 966. The number of likely N-dealkylation sites (tertiary alicyclic amines) is 1. The SMILES string of the molecule is O=C(C[C@H]1CC[C@H]2[C@@H](COC[C@@H](O)CN2Cc2cccc(-c3ccncc3)c2)O1)N1CCCCC1.